The Morgan fingerprint density at radius 3 is 2.41 bits per heavy atom. The zero-order valence-corrected chi connectivity index (χ0v) is 24.0. The Kier molecular flexibility index (Phi) is 6.85. The van der Waals surface area contributed by atoms with Crippen LogP contribution in [0, 0.1) is 17.8 Å². The molecule has 1 saturated heterocycles. The number of rotatable bonds is 4. The predicted molar refractivity (Wildman–Crippen MR) is 160 cm³/mol. The summed E-state index contributed by atoms with van der Waals surface area (Å²) in [5, 5.41) is 46.5. The number of ketones is 2. The largest absolute Gasteiger partial charge is 0.508 e. The van der Waals surface area contributed by atoms with Crippen LogP contribution in [0.3, 0.4) is 0 Å². The molecule has 1 saturated carbocycles. The maximum absolute atomic E-state index is 14.1. The molecular formula is C34H34N2O8. The third-order valence-corrected chi connectivity index (χ3v) is 10.1. The molecule has 2 unspecified atom stereocenters. The molecule has 1 aliphatic heterocycles. The number of primary amides is 1. The number of nitrogens with two attached hydrogens (primary N) is 1. The fourth-order valence-electron chi connectivity index (χ4n) is 7.91. The number of hydrogen-bond acceptors (Lipinski definition) is 9. The van der Waals surface area contributed by atoms with Gasteiger partial charge in [-0.1, -0.05) is 42.5 Å². The number of hydrogen-bond donors (Lipinski definition) is 5. The lowest BCUT2D eigenvalue weighted by molar-refractivity contribution is -0.167. The summed E-state index contributed by atoms with van der Waals surface area (Å²) in [6, 6.07) is 15.5. The van der Waals surface area contributed by atoms with Gasteiger partial charge < -0.3 is 30.9 Å². The van der Waals surface area contributed by atoms with Crippen LogP contribution in [0.25, 0.3) is 21.9 Å². The standard InChI is InChI=1S/C34H34N2O8/c35-33(42)29-26(38)15-19-13-18-14-24-23(7-8-25(37)28(24)30(39)27(18)31(40)34(19,43)32(29)41)22-6-5-17(16-36-9-11-44-12-10-36)20-3-1-2-4-21(20)22/h1-8,18-19,26,29,37-38,40,43H,9-16H2,(H2,35,42)/t18-,19+,26?,29?,34+/m1/s1. The molecule has 5 atom stereocenters. The van der Waals surface area contributed by atoms with Crippen molar-refractivity contribution in [2.75, 3.05) is 26.3 Å². The van der Waals surface area contributed by atoms with Crippen LogP contribution in [-0.2, 0) is 27.3 Å². The molecule has 3 aromatic rings. The van der Waals surface area contributed by atoms with Crippen molar-refractivity contribution in [2.24, 2.45) is 23.5 Å². The number of aliphatic hydroxyl groups excluding tert-OH is 2. The van der Waals surface area contributed by atoms with Gasteiger partial charge in [-0.2, -0.15) is 0 Å². The lowest BCUT2D eigenvalue weighted by Gasteiger charge is -2.48. The molecule has 0 aromatic heterocycles. The molecular weight excluding hydrogens is 564 g/mol. The van der Waals surface area contributed by atoms with E-state index in [0.29, 0.717) is 18.8 Å². The third kappa shape index (κ3) is 4.20. The van der Waals surface area contributed by atoms with Gasteiger partial charge in [0.15, 0.2) is 17.2 Å². The van der Waals surface area contributed by atoms with Gasteiger partial charge in [-0.3, -0.25) is 19.3 Å². The molecule has 1 heterocycles. The number of nitrogens with zero attached hydrogens (tertiary/aromatic N) is 1. The minimum atomic E-state index is -2.53. The molecule has 228 valence electrons. The van der Waals surface area contributed by atoms with E-state index in [1.807, 2.05) is 24.3 Å². The quantitative estimate of drug-likeness (QED) is 0.283. The minimum absolute atomic E-state index is 0.0126. The van der Waals surface area contributed by atoms with Crippen LogP contribution in [0.4, 0.5) is 0 Å². The number of phenolic OH excluding ortho intramolecular Hbond substituents is 1. The fourth-order valence-corrected chi connectivity index (χ4v) is 7.91. The van der Waals surface area contributed by atoms with E-state index in [2.05, 4.69) is 17.0 Å². The third-order valence-electron chi connectivity index (χ3n) is 10.1. The monoisotopic (exact) mass is 598 g/mol. The number of aliphatic hydroxyl groups is 3. The minimum Gasteiger partial charge on any atom is -0.508 e. The molecule has 10 heteroatoms. The molecule has 3 aliphatic carbocycles. The second kappa shape index (κ2) is 10.5. The molecule has 0 bridgehead atoms. The summed E-state index contributed by atoms with van der Waals surface area (Å²) in [6.45, 7) is 3.89. The number of morpholine rings is 1. The first-order valence-electron chi connectivity index (χ1n) is 15.0. The molecule has 3 aromatic carbocycles. The summed E-state index contributed by atoms with van der Waals surface area (Å²) in [6.07, 6.45) is -1.19. The van der Waals surface area contributed by atoms with Gasteiger partial charge in [-0.15, -0.1) is 0 Å². The SMILES string of the molecule is NC(=O)C1C(=O)[C@@]2(O)C(O)=C3C(=O)c4c(O)ccc(-c5ccc(CN6CCOCC6)c6ccccc56)c4C[C@H]3C[C@H]2CC1O. The number of carbonyl (C=O) groups is 3. The van der Waals surface area contributed by atoms with Crippen molar-refractivity contribution in [3.05, 3.63) is 76.6 Å². The molecule has 10 nitrogen and oxygen atoms in total. The van der Waals surface area contributed by atoms with Gasteiger partial charge in [0.05, 0.1) is 24.9 Å². The number of amides is 1. The Morgan fingerprint density at radius 2 is 1.68 bits per heavy atom. The van der Waals surface area contributed by atoms with Gasteiger partial charge in [-0.25, -0.2) is 0 Å². The van der Waals surface area contributed by atoms with Gasteiger partial charge in [-0.05, 0) is 64.3 Å². The maximum atomic E-state index is 14.1. The van der Waals surface area contributed by atoms with Crippen LogP contribution in [0.1, 0.15) is 34.3 Å². The Morgan fingerprint density at radius 1 is 0.977 bits per heavy atom. The summed E-state index contributed by atoms with van der Waals surface area (Å²) in [5.41, 5.74) is 6.14. The molecule has 2 fully saturated rings. The highest BCUT2D eigenvalue weighted by molar-refractivity contribution is 6.16. The lowest BCUT2D eigenvalue weighted by atomic mass is 9.57. The second-order valence-electron chi connectivity index (χ2n) is 12.4. The lowest BCUT2D eigenvalue weighted by Crippen LogP contribution is -2.63. The van der Waals surface area contributed by atoms with Crippen molar-refractivity contribution in [1.82, 2.24) is 4.90 Å². The van der Waals surface area contributed by atoms with Gasteiger partial charge in [0.25, 0.3) is 0 Å². The van der Waals surface area contributed by atoms with E-state index in [1.54, 1.807) is 6.07 Å². The summed E-state index contributed by atoms with van der Waals surface area (Å²) in [7, 11) is 0. The Balaban J connectivity index is 1.34. The number of carbonyl (C=O) groups excluding carboxylic acids is 3. The van der Waals surface area contributed by atoms with Crippen LogP contribution in [0.5, 0.6) is 5.75 Å². The first kappa shape index (κ1) is 28.7. The number of benzene rings is 3. The smallest absolute Gasteiger partial charge is 0.230 e. The molecule has 7 rings (SSSR count). The predicted octanol–water partition coefficient (Wildman–Crippen LogP) is 2.40. The number of ether oxygens (including phenoxy) is 1. The Bertz CT molecular complexity index is 1760. The molecule has 1 amide bonds. The van der Waals surface area contributed by atoms with Crippen molar-refractivity contribution < 1.29 is 39.5 Å². The second-order valence-corrected chi connectivity index (χ2v) is 12.4. The van der Waals surface area contributed by atoms with E-state index < -0.39 is 52.7 Å². The summed E-state index contributed by atoms with van der Waals surface area (Å²) >= 11 is 0. The zero-order valence-electron chi connectivity index (χ0n) is 24.0. The number of aromatic hydroxyl groups is 1. The number of Topliss-reactive ketones (excluding diaryl/α,β-unsaturated/α-hetero) is 2. The van der Waals surface area contributed by atoms with Crippen LogP contribution in [0.2, 0.25) is 0 Å². The van der Waals surface area contributed by atoms with Crippen molar-refractivity contribution in [1.29, 1.82) is 0 Å². The number of allylic oxidation sites excluding steroid dienone is 1. The molecule has 4 aliphatic rings. The fraction of sp³-hybridized carbons (Fsp3) is 0.382. The van der Waals surface area contributed by atoms with Crippen molar-refractivity contribution in [2.45, 2.75) is 37.5 Å². The van der Waals surface area contributed by atoms with Gasteiger partial charge in [0.2, 0.25) is 5.91 Å². The van der Waals surface area contributed by atoms with E-state index in [9.17, 15) is 34.8 Å². The average molecular weight is 599 g/mol. The Hall–Kier alpha value is -4.09. The van der Waals surface area contributed by atoms with Gasteiger partial charge in [0.1, 0.15) is 17.4 Å². The van der Waals surface area contributed by atoms with E-state index in [1.165, 1.54) is 11.6 Å². The Labute approximate surface area is 253 Å². The number of fused-ring (bicyclic) bond motifs is 4. The highest BCUT2D eigenvalue weighted by Crippen LogP contribution is 2.53. The molecule has 44 heavy (non-hydrogen) atoms. The normalized spacial score (nSPS) is 28.9. The maximum Gasteiger partial charge on any atom is 0.230 e. The van der Waals surface area contributed by atoms with E-state index >= 15 is 0 Å². The first-order chi connectivity index (χ1) is 21.1. The van der Waals surface area contributed by atoms with Crippen molar-refractivity contribution in [3.63, 3.8) is 0 Å². The highest BCUT2D eigenvalue weighted by Gasteiger charge is 2.62. The van der Waals surface area contributed by atoms with E-state index in [0.717, 1.165) is 41.5 Å². The van der Waals surface area contributed by atoms with Crippen molar-refractivity contribution in [3.8, 4) is 16.9 Å². The van der Waals surface area contributed by atoms with Crippen LogP contribution in [-0.4, -0.2) is 80.8 Å². The van der Waals surface area contributed by atoms with Crippen molar-refractivity contribution >= 4 is 28.2 Å². The van der Waals surface area contributed by atoms with Crippen LogP contribution < -0.4 is 5.73 Å². The summed E-state index contributed by atoms with van der Waals surface area (Å²) in [5.74, 6) is -7.21. The molecule has 6 N–H and O–H groups in total. The highest BCUT2D eigenvalue weighted by atomic mass is 16.5. The van der Waals surface area contributed by atoms with E-state index in [-0.39, 0.29) is 36.1 Å². The summed E-state index contributed by atoms with van der Waals surface area (Å²) < 4.78 is 5.51. The van der Waals surface area contributed by atoms with Crippen LogP contribution in [0.15, 0.2) is 59.9 Å². The summed E-state index contributed by atoms with van der Waals surface area (Å²) in [4.78, 5) is 41.7. The number of phenols is 1. The van der Waals surface area contributed by atoms with Crippen LogP contribution >= 0.6 is 0 Å². The topological polar surface area (TPSA) is 171 Å². The van der Waals surface area contributed by atoms with Gasteiger partial charge in [0, 0.05) is 31.1 Å². The zero-order chi connectivity index (χ0) is 30.9. The van der Waals surface area contributed by atoms with E-state index in [4.69, 9.17) is 10.5 Å². The average Bonchev–Trinajstić information content (AvgIpc) is 3.00. The first-order valence-corrected chi connectivity index (χ1v) is 15.0. The molecule has 0 spiro atoms. The van der Waals surface area contributed by atoms with Gasteiger partial charge >= 0.3 is 0 Å². The molecule has 0 radical (unpaired) electrons.